The molecule has 5 fully saturated rings. The Morgan fingerprint density at radius 3 is 2.47 bits per heavy atom. The first-order chi connectivity index (χ1) is 16.8. The fourth-order valence-electron chi connectivity index (χ4n) is 9.19. The number of hydrogen-bond acceptors (Lipinski definition) is 7. The Morgan fingerprint density at radius 1 is 0.972 bits per heavy atom. The normalized spacial score (nSPS) is 45.8. The Labute approximate surface area is 218 Å². The largest absolute Gasteiger partial charge is 0.416 e. The summed E-state index contributed by atoms with van der Waals surface area (Å²) in [5, 5.41) is 0. The van der Waals surface area contributed by atoms with Crippen LogP contribution in [-0.2, 0) is 32.8 Å². The molecule has 0 aromatic carbocycles. The average molecular weight is 545 g/mol. The molecule has 8 atom stereocenters. The first kappa shape index (κ1) is 27.1. The molecule has 36 heavy (non-hydrogen) atoms. The van der Waals surface area contributed by atoms with Gasteiger partial charge in [-0.05, 0) is 104 Å². The molecular weight excluding hydrogens is 500 g/mol. The predicted octanol–water partition coefficient (Wildman–Crippen LogP) is 5.93. The van der Waals surface area contributed by atoms with Crippen molar-refractivity contribution in [3.05, 3.63) is 11.6 Å². The van der Waals surface area contributed by atoms with Crippen LogP contribution in [0.2, 0.25) is 0 Å². The van der Waals surface area contributed by atoms with Crippen molar-refractivity contribution in [1.82, 2.24) is 0 Å². The molecule has 0 aromatic heterocycles. The third kappa shape index (κ3) is 4.96. The highest BCUT2D eigenvalue weighted by atomic mass is 32.3. The summed E-state index contributed by atoms with van der Waals surface area (Å²) in [7, 11) is -9.50. The first-order valence-corrected chi connectivity index (χ1v) is 16.7. The van der Waals surface area contributed by atoms with Gasteiger partial charge in [-0.2, -0.15) is 16.8 Å². The SMILES string of the molecule is CC(C)CCC[C@H]1COS(=O)(=O)OS(=O)(=O)O[C@@H]2CC[C@@]3(C)C(=CC[C@H]4[C@@H]5CC[C@H]1[C@@]5(C)CC[C@@H]43)C2. The maximum Gasteiger partial charge on any atom is 0.416 e. The molecule has 0 radical (unpaired) electrons. The van der Waals surface area contributed by atoms with E-state index in [1.165, 1.54) is 24.8 Å². The second-order valence-corrected chi connectivity index (χ2v) is 15.8. The average Bonchev–Trinajstić information content (AvgIpc) is 3.11. The van der Waals surface area contributed by atoms with Crippen molar-refractivity contribution in [1.29, 1.82) is 0 Å². The van der Waals surface area contributed by atoms with Crippen LogP contribution in [0.1, 0.15) is 98.3 Å². The zero-order chi connectivity index (χ0) is 25.9. The highest BCUT2D eigenvalue weighted by molar-refractivity contribution is 7.95. The molecule has 6 aliphatic rings. The summed E-state index contributed by atoms with van der Waals surface area (Å²) in [6.45, 7) is 9.19. The van der Waals surface area contributed by atoms with Gasteiger partial charge in [0.1, 0.15) is 0 Å². The van der Waals surface area contributed by atoms with E-state index in [-0.39, 0.29) is 23.4 Å². The van der Waals surface area contributed by atoms with Crippen molar-refractivity contribution < 1.29 is 28.8 Å². The third-order valence-electron chi connectivity index (χ3n) is 10.9. The lowest BCUT2D eigenvalue weighted by Crippen LogP contribution is -2.51. The van der Waals surface area contributed by atoms with Crippen molar-refractivity contribution in [3.63, 3.8) is 0 Å². The number of allylic oxidation sites excluding steroid dienone is 1. The van der Waals surface area contributed by atoms with E-state index in [4.69, 9.17) is 8.37 Å². The summed E-state index contributed by atoms with van der Waals surface area (Å²) in [5.74, 6) is 2.88. The topological polar surface area (TPSA) is 96.0 Å². The molecule has 0 amide bonds. The molecule has 5 bridgehead atoms. The predicted molar refractivity (Wildman–Crippen MR) is 137 cm³/mol. The Morgan fingerprint density at radius 2 is 1.72 bits per heavy atom. The van der Waals surface area contributed by atoms with Crippen LogP contribution < -0.4 is 0 Å². The van der Waals surface area contributed by atoms with Crippen molar-refractivity contribution >= 4 is 20.8 Å². The van der Waals surface area contributed by atoms with Crippen LogP contribution in [0.25, 0.3) is 0 Å². The summed E-state index contributed by atoms with van der Waals surface area (Å²) >= 11 is 0. The van der Waals surface area contributed by atoms with Gasteiger partial charge in [-0.1, -0.05) is 52.2 Å². The molecule has 0 N–H and O–H groups in total. The van der Waals surface area contributed by atoms with Gasteiger partial charge >= 0.3 is 20.8 Å². The van der Waals surface area contributed by atoms with Gasteiger partial charge in [-0.15, -0.1) is 3.63 Å². The second-order valence-electron chi connectivity index (χ2n) is 13.2. The smallest absolute Gasteiger partial charge is 0.247 e. The van der Waals surface area contributed by atoms with E-state index in [1.807, 2.05) is 0 Å². The molecule has 7 nitrogen and oxygen atoms in total. The van der Waals surface area contributed by atoms with Crippen LogP contribution in [-0.4, -0.2) is 29.5 Å². The van der Waals surface area contributed by atoms with Crippen molar-refractivity contribution in [3.8, 4) is 0 Å². The van der Waals surface area contributed by atoms with Gasteiger partial charge in [0.25, 0.3) is 0 Å². The van der Waals surface area contributed by atoms with Gasteiger partial charge in [-0.3, -0.25) is 0 Å². The number of fused-ring (bicyclic) bond motifs is 8. The van der Waals surface area contributed by atoms with E-state index in [0.717, 1.165) is 38.5 Å². The highest BCUT2D eigenvalue weighted by Crippen LogP contribution is 2.67. The van der Waals surface area contributed by atoms with Gasteiger partial charge in [0.05, 0.1) is 12.7 Å². The van der Waals surface area contributed by atoms with Crippen LogP contribution >= 0.6 is 0 Å². The molecule has 2 saturated heterocycles. The fraction of sp³-hybridized carbons (Fsp3) is 0.926. The minimum absolute atomic E-state index is 0.0395. The van der Waals surface area contributed by atoms with Gasteiger partial charge < -0.3 is 0 Å². The molecule has 3 saturated carbocycles. The van der Waals surface area contributed by atoms with Gasteiger partial charge in [0.15, 0.2) is 0 Å². The highest BCUT2D eigenvalue weighted by Gasteiger charge is 2.59. The zero-order valence-corrected chi connectivity index (χ0v) is 23.9. The van der Waals surface area contributed by atoms with E-state index < -0.39 is 26.9 Å². The van der Waals surface area contributed by atoms with Crippen LogP contribution in [0.15, 0.2) is 11.6 Å². The number of rotatable bonds is 4. The molecule has 2 heterocycles. The third-order valence-corrected chi connectivity index (χ3v) is 13.2. The molecule has 9 heteroatoms. The van der Waals surface area contributed by atoms with E-state index in [2.05, 4.69) is 37.4 Å². The Kier molecular flexibility index (Phi) is 7.24. The Bertz CT molecular complexity index is 1080. The van der Waals surface area contributed by atoms with E-state index in [0.29, 0.717) is 42.4 Å². The summed E-state index contributed by atoms with van der Waals surface area (Å²) in [4.78, 5) is 0. The lowest BCUT2D eigenvalue weighted by atomic mass is 9.47. The van der Waals surface area contributed by atoms with Crippen LogP contribution in [0, 0.1) is 46.3 Å². The first-order valence-electron chi connectivity index (χ1n) is 14.1. The quantitative estimate of drug-likeness (QED) is 0.405. The van der Waals surface area contributed by atoms with Gasteiger partial charge in [0, 0.05) is 0 Å². The molecule has 0 aromatic rings. The number of hydrogen-bond donors (Lipinski definition) is 0. The van der Waals surface area contributed by atoms with Crippen LogP contribution in [0.5, 0.6) is 0 Å². The second kappa shape index (κ2) is 9.61. The summed E-state index contributed by atoms with van der Waals surface area (Å²) in [6, 6.07) is 0. The van der Waals surface area contributed by atoms with Crippen LogP contribution in [0.3, 0.4) is 0 Å². The minimum atomic E-state index is -4.75. The monoisotopic (exact) mass is 544 g/mol. The molecule has 6 rings (SSSR count). The summed E-state index contributed by atoms with van der Waals surface area (Å²) in [6.07, 6.45) is 12.3. The maximum absolute atomic E-state index is 12.6. The molecule has 2 aliphatic heterocycles. The summed E-state index contributed by atoms with van der Waals surface area (Å²) < 4.78 is 65.4. The van der Waals surface area contributed by atoms with Gasteiger partial charge in [-0.25, -0.2) is 8.37 Å². The molecule has 0 unspecified atom stereocenters. The lowest BCUT2D eigenvalue weighted by molar-refractivity contribution is -0.0611. The summed E-state index contributed by atoms with van der Waals surface area (Å²) in [5.41, 5.74) is 1.50. The van der Waals surface area contributed by atoms with E-state index in [9.17, 15) is 16.8 Å². The van der Waals surface area contributed by atoms with E-state index in [1.54, 1.807) is 0 Å². The molecule has 4 aliphatic carbocycles. The Balaban J connectivity index is 1.51. The molecule has 206 valence electrons. The zero-order valence-electron chi connectivity index (χ0n) is 22.3. The maximum atomic E-state index is 12.6. The van der Waals surface area contributed by atoms with Gasteiger partial charge in [0.2, 0.25) is 0 Å². The van der Waals surface area contributed by atoms with Crippen molar-refractivity contribution in [2.24, 2.45) is 46.3 Å². The standard InChI is InChI=1S/C27H44O7S2/c1-18(2)6-5-7-19-17-32-35(28,29)34-36(30,31)33-21-12-14-26(3)20(16-21)8-9-22-24-11-10-23(19)27(24,4)15-13-25(22)26/h8,18-19,21-25H,5-7,9-17H2,1-4H3/t19-,21+,22-,23+,24-,25-,26-,27+/m0/s1. The minimum Gasteiger partial charge on any atom is -0.247 e. The van der Waals surface area contributed by atoms with E-state index >= 15 is 0 Å². The molecular formula is C27H44O7S2. The Hall–Kier alpha value is -0.480. The molecule has 0 spiro atoms. The fourth-order valence-corrected chi connectivity index (χ4v) is 11.1. The van der Waals surface area contributed by atoms with Crippen molar-refractivity contribution in [2.75, 3.05) is 6.61 Å². The van der Waals surface area contributed by atoms with Crippen LogP contribution in [0.4, 0.5) is 0 Å². The van der Waals surface area contributed by atoms with Crippen molar-refractivity contribution in [2.45, 2.75) is 104 Å². The lowest BCUT2D eigenvalue weighted by Gasteiger charge is -2.58.